The van der Waals surface area contributed by atoms with E-state index in [0.29, 0.717) is 0 Å². The van der Waals surface area contributed by atoms with Crippen LogP contribution < -0.4 is 20.7 Å². The smallest absolute Gasteiger partial charge is 0.179 e. The van der Waals surface area contributed by atoms with E-state index >= 15 is 0 Å². The van der Waals surface area contributed by atoms with Crippen LogP contribution in [0, 0.1) is 0 Å². The van der Waals surface area contributed by atoms with Crippen LogP contribution in [0.15, 0.2) is 344 Å². The summed E-state index contributed by atoms with van der Waals surface area (Å²) >= 11 is 0. The number of fused-ring (bicyclic) bond motifs is 9. The molecule has 0 amide bonds. The molecule has 3 heterocycles. The average molecular weight is 1140 g/mol. The molecule has 0 saturated heterocycles. The zero-order chi connectivity index (χ0) is 58.1. The summed E-state index contributed by atoms with van der Waals surface area (Å²) in [7, 11) is -3.32. The van der Waals surface area contributed by atoms with Crippen LogP contribution >= 0.6 is 0 Å². The molecule has 17 rings (SSSR count). The lowest BCUT2D eigenvalue weighted by atomic mass is 9.95. The minimum absolute atomic E-state index is 0.889. The van der Waals surface area contributed by atoms with Gasteiger partial charge in [0, 0.05) is 54.7 Å². The summed E-state index contributed by atoms with van der Waals surface area (Å²) < 4.78 is 11.4. The average Bonchev–Trinajstić information content (AvgIpc) is 1.18. The zero-order valence-corrected chi connectivity index (χ0v) is 49.1. The lowest BCUT2D eigenvalue weighted by Gasteiger charge is -2.36. The molecule has 0 atom stereocenters. The normalized spacial score (nSPS) is 11.9. The molecule has 0 unspecified atom stereocenters. The zero-order valence-electron chi connectivity index (χ0n) is 48.1. The van der Waals surface area contributed by atoms with Crippen molar-refractivity contribution in [1.82, 2.24) is 9.13 Å². The van der Waals surface area contributed by atoms with Crippen molar-refractivity contribution in [3.63, 3.8) is 0 Å². The van der Waals surface area contributed by atoms with Gasteiger partial charge in [-0.3, -0.25) is 0 Å². The monoisotopic (exact) mass is 1140 g/mol. The van der Waals surface area contributed by atoms with E-state index in [9.17, 15) is 0 Å². The van der Waals surface area contributed by atoms with Crippen LogP contribution in [0.3, 0.4) is 0 Å². The van der Waals surface area contributed by atoms with Gasteiger partial charge in [-0.1, -0.05) is 291 Å². The summed E-state index contributed by atoms with van der Waals surface area (Å²) in [5, 5.41) is 12.2. The van der Waals surface area contributed by atoms with Crippen LogP contribution in [0.5, 0.6) is 0 Å². The Hall–Kier alpha value is -11.3. The predicted octanol–water partition coefficient (Wildman–Crippen LogP) is 19.5. The van der Waals surface area contributed by atoms with Gasteiger partial charge >= 0.3 is 0 Å². The highest BCUT2D eigenvalue weighted by Crippen LogP contribution is 2.45. The maximum atomic E-state index is 6.35. The summed E-state index contributed by atoms with van der Waals surface area (Å²) in [6.45, 7) is 0. The molecular weight excluding hydrogens is 1080 g/mol. The first-order chi connectivity index (χ1) is 43.7. The summed E-state index contributed by atoms with van der Waals surface area (Å²) in [6.07, 6.45) is 0. The van der Waals surface area contributed by atoms with Gasteiger partial charge in [0.05, 0.1) is 27.8 Å². The van der Waals surface area contributed by atoms with Crippen LogP contribution in [0.2, 0.25) is 0 Å². The highest BCUT2D eigenvalue weighted by molar-refractivity contribution is 7.20. The van der Waals surface area contributed by atoms with Crippen molar-refractivity contribution in [2.45, 2.75) is 0 Å². The molecule has 3 aromatic heterocycles. The van der Waals surface area contributed by atoms with Crippen molar-refractivity contribution < 1.29 is 4.42 Å². The first kappa shape index (κ1) is 51.1. The third-order valence-electron chi connectivity index (χ3n) is 18.2. The SMILES string of the molecule is c1ccc(-c2cccc([Si](c3ccccc3)(c3cccc(-c4ccccc4)c3)c3cc(-c4ccccc4)c(-n4c5ccccc5c5cc(-n6c7ccccc7c7cccc(-c8ccc9oc%10ccccc%10c9c8)c76)ccc54)c(-c4ccccc4)c3)c2)cc1. The van der Waals surface area contributed by atoms with Gasteiger partial charge in [-0.05, 0) is 108 Å². The molecule has 0 bridgehead atoms. The first-order valence-corrected chi connectivity index (χ1v) is 32.3. The number of aromatic nitrogens is 2. The lowest BCUT2D eigenvalue weighted by Crippen LogP contribution is -2.74. The van der Waals surface area contributed by atoms with E-state index in [4.69, 9.17) is 4.42 Å². The summed E-state index contributed by atoms with van der Waals surface area (Å²) in [6, 6.07) is 126. The van der Waals surface area contributed by atoms with E-state index in [1.165, 1.54) is 70.1 Å². The molecular formula is C84H56N2OSi. The number of furan rings is 1. The van der Waals surface area contributed by atoms with Gasteiger partial charge in [0.15, 0.2) is 8.07 Å². The standard InChI is InChI=1S/C84H56N2OSi/c1-6-25-57(26-7-1)61-33-22-37-66(51-61)88(65-35-14-5-15-36-65,67-38-23-34-62(52-67)58-27-8-2-9-28-58)68-55-74(59-29-10-3-11-30-59)84(75(56-68)60-31-12-4-13-32-60)86-79-45-20-17-40-71(79)76-54-64(48-49-80(76)86)85-78-44-19-16-39-70(78)73-43-24-42-69(83(73)85)63-47-50-82-77(53-63)72-41-18-21-46-81(72)87-82/h1-56H. The van der Waals surface area contributed by atoms with Gasteiger partial charge in [0.1, 0.15) is 11.2 Å². The van der Waals surface area contributed by atoms with Crippen LogP contribution in [0.25, 0.3) is 133 Å². The summed E-state index contributed by atoms with van der Waals surface area (Å²) in [5.41, 5.74) is 20.3. The minimum Gasteiger partial charge on any atom is -0.456 e. The topological polar surface area (TPSA) is 23.0 Å². The van der Waals surface area contributed by atoms with Gasteiger partial charge in [0.2, 0.25) is 0 Å². The largest absolute Gasteiger partial charge is 0.456 e. The predicted molar refractivity (Wildman–Crippen MR) is 373 cm³/mol. The molecule has 0 fully saturated rings. The number of rotatable bonds is 11. The summed E-state index contributed by atoms with van der Waals surface area (Å²) in [5.74, 6) is 0. The van der Waals surface area contributed by atoms with E-state index in [-0.39, 0.29) is 0 Å². The second-order valence-electron chi connectivity index (χ2n) is 23.1. The Morgan fingerprint density at radius 3 is 1.30 bits per heavy atom. The molecule has 0 aliphatic rings. The van der Waals surface area contributed by atoms with Gasteiger partial charge in [-0.15, -0.1) is 0 Å². The van der Waals surface area contributed by atoms with E-state index < -0.39 is 8.07 Å². The molecule has 412 valence electrons. The molecule has 0 spiro atoms. The van der Waals surface area contributed by atoms with Gasteiger partial charge < -0.3 is 13.6 Å². The molecule has 0 N–H and O–H groups in total. The van der Waals surface area contributed by atoms with Crippen molar-refractivity contribution in [1.29, 1.82) is 0 Å². The maximum absolute atomic E-state index is 6.35. The van der Waals surface area contributed by atoms with E-state index in [1.54, 1.807) is 0 Å². The Morgan fingerprint density at radius 1 is 0.227 bits per heavy atom. The van der Waals surface area contributed by atoms with Crippen molar-refractivity contribution in [3.05, 3.63) is 340 Å². The molecule has 0 saturated carbocycles. The van der Waals surface area contributed by atoms with E-state index in [0.717, 1.165) is 83.2 Å². The molecule has 88 heavy (non-hydrogen) atoms. The molecule has 0 aliphatic heterocycles. The molecule has 3 nitrogen and oxygen atoms in total. The van der Waals surface area contributed by atoms with E-state index in [1.807, 2.05) is 6.07 Å². The van der Waals surface area contributed by atoms with Crippen molar-refractivity contribution in [3.8, 4) is 67.0 Å². The quantitative estimate of drug-likeness (QED) is 0.0935. The minimum atomic E-state index is -3.32. The molecule has 4 heteroatoms. The Kier molecular flexibility index (Phi) is 12.2. The number of para-hydroxylation sites is 4. The van der Waals surface area contributed by atoms with Crippen LogP contribution in [-0.4, -0.2) is 17.2 Å². The highest BCUT2D eigenvalue weighted by Gasteiger charge is 2.43. The van der Waals surface area contributed by atoms with Crippen LogP contribution in [0.4, 0.5) is 0 Å². The van der Waals surface area contributed by atoms with Crippen LogP contribution in [-0.2, 0) is 0 Å². The van der Waals surface area contributed by atoms with Crippen molar-refractivity contribution in [2.24, 2.45) is 0 Å². The van der Waals surface area contributed by atoms with Crippen molar-refractivity contribution in [2.75, 3.05) is 0 Å². The Morgan fingerprint density at radius 2 is 0.682 bits per heavy atom. The molecule has 14 aromatic carbocycles. The number of hydrogen-bond acceptors (Lipinski definition) is 1. The molecule has 0 radical (unpaired) electrons. The Labute approximate surface area is 511 Å². The Bertz CT molecular complexity index is 5350. The summed E-state index contributed by atoms with van der Waals surface area (Å²) in [4.78, 5) is 0. The second kappa shape index (κ2) is 21.0. The highest BCUT2D eigenvalue weighted by atomic mass is 28.3. The Balaban J connectivity index is 0.956. The fraction of sp³-hybridized carbons (Fsp3) is 0. The number of hydrogen-bond donors (Lipinski definition) is 0. The second-order valence-corrected chi connectivity index (χ2v) is 26.9. The number of benzene rings is 14. The molecule has 17 aromatic rings. The third kappa shape index (κ3) is 8.25. The third-order valence-corrected chi connectivity index (χ3v) is 23.0. The maximum Gasteiger partial charge on any atom is 0.179 e. The molecule has 0 aliphatic carbocycles. The fourth-order valence-electron chi connectivity index (χ4n) is 14.3. The van der Waals surface area contributed by atoms with Gasteiger partial charge in [0.25, 0.3) is 0 Å². The fourth-order valence-corrected chi connectivity index (χ4v) is 19.2. The first-order valence-electron chi connectivity index (χ1n) is 30.3. The van der Waals surface area contributed by atoms with Crippen LogP contribution in [0.1, 0.15) is 0 Å². The van der Waals surface area contributed by atoms with Gasteiger partial charge in [-0.2, -0.15) is 0 Å². The lowest BCUT2D eigenvalue weighted by molar-refractivity contribution is 0.669. The van der Waals surface area contributed by atoms with Gasteiger partial charge in [-0.25, -0.2) is 0 Å². The number of nitrogens with zero attached hydrogens (tertiary/aromatic N) is 2. The van der Waals surface area contributed by atoms with E-state index in [2.05, 4.69) is 343 Å². The van der Waals surface area contributed by atoms with Crippen molar-refractivity contribution >= 4 is 94.4 Å².